The van der Waals surface area contributed by atoms with Gasteiger partial charge in [-0.2, -0.15) is 0 Å². The Bertz CT molecular complexity index is 629. The standard InChI is InChI=1S/C21H32O7/c1-15(22)25-11-14-28-21(5,6)18(23)16-7-9-17(10-8-16)19(24)26-12-13-27-20(2,3)4/h7-10,18,23H,11-14H2,1-6H3. The SMILES string of the molecule is CC(=O)OCCOC(C)(C)C(O)c1ccc(C(=O)OCCOC(C)(C)C)cc1. The Labute approximate surface area is 166 Å². The maximum atomic E-state index is 12.1. The first-order chi connectivity index (χ1) is 12.9. The van der Waals surface area contributed by atoms with Crippen molar-refractivity contribution >= 4 is 11.9 Å². The molecule has 0 saturated carbocycles. The molecule has 1 N–H and O–H groups in total. The van der Waals surface area contributed by atoms with Gasteiger partial charge in [-0.05, 0) is 52.3 Å². The first kappa shape index (κ1) is 24.1. The van der Waals surface area contributed by atoms with Gasteiger partial charge in [-0.1, -0.05) is 12.1 Å². The van der Waals surface area contributed by atoms with Gasteiger partial charge in [-0.3, -0.25) is 4.79 Å². The van der Waals surface area contributed by atoms with Gasteiger partial charge >= 0.3 is 11.9 Å². The minimum atomic E-state index is -0.921. The topological polar surface area (TPSA) is 91.3 Å². The second kappa shape index (κ2) is 10.5. The highest BCUT2D eigenvalue weighted by Crippen LogP contribution is 2.29. The van der Waals surface area contributed by atoms with Crippen LogP contribution in [0.5, 0.6) is 0 Å². The molecule has 1 unspecified atom stereocenters. The summed E-state index contributed by atoms with van der Waals surface area (Å²) in [4.78, 5) is 22.8. The number of carbonyl (C=O) groups excluding carboxylic acids is 2. The lowest BCUT2D eigenvalue weighted by Gasteiger charge is -2.31. The molecule has 0 amide bonds. The fraction of sp³-hybridized carbons (Fsp3) is 0.619. The van der Waals surface area contributed by atoms with Crippen molar-refractivity contribution in [3.05, 3.63) is 35.4 Å². The number of hydrogen-bond acceptors (Lipinski definition) is 7. The first-order valence-corrected chi connectivity index (χ1v) is 9.29. The molecule has 1 atom stereocenters. The number of ether oxygens (including phenoxy) is 4. The molecule has 0 saturated heterocycles. The second-order valence-corrected chi connectivity index (χ2v) is 7.91. The van der Waals surface area contributed by atoms with Gasteiger partial charge in [0.1, 0.15) is 19.3 Å². The number of hydrogen-bond donors (Lipinski definition) is 1. The fourth-order valence-corrected chi connectivity index (χ4v) is 2.34. The van der Waals surface area contributed by atoms with Crippen LogP contribution in [-0.2, 0) is 23.7 Å². The fourth-order valence-electron chi connectivity index (χ4n) is 2.34. The van der Waals surface area contributed by atoms with Crippen molar-refractivity contribution in [1.29, 1.82) is 0 Å². The third-order valence-electron chi connectivity index (χ3n) is 3.83. The zero-order valence-corrected chi connectivity index (χ0v) is 17.6. The number of esters is 2. The van der Waals surface area contributed by atoms with Crippen molar-refractivity contribution in [1.82, 2.24) is 0 Å². The molecule has 7 nitrogen and oxygen atoms in total. The van der Waals surface area contributed by atoms with Crippen LogP contribution in [0.4, 0.5) is 0 Å². The third kappa shape index (κ3) is 8.82. The molecular formula is C21H32O7. The molecule has 1 aromatic rings. The summed E-state index contributed by atoms with van der Waals surface area (Å²) in [5.41, 5.74) is -0.186. The summed E-state index contributed by atoms with van der Waals surface area (Å²) in [5.74, 6) is -0.829. The molecule has 0 heterocycles. The van der Waals surface area contributed by atoms with Gasteiger partial charge in [0.25, 0.3) is 0 Å². The van der Waals surface area contributed by atoms with Crippen molar-refractivity contribution in [3.8, 4) is 0 Å². The molecule has 0 radical (unpaired) electrons. The summed E-state index contributed by atoms with van der Waals surface area (Å²) in [5, 5.41) is 10.6. The first-order valence-electron chi connectivity index (χ1n) is 9.29. The van der Waals surface area contributed by atoms with E-state index in [9.17, 15) is 14.7 Å². The van der Waals surface area contributed by atoms with Crippen LogP contribution in [0.15, 0.2) is 24.3 Å². The van der Waals surface area contributed by atoms with E-state index in [-0.39, 0.29) is 31.4 Å². The van der Waals surface area contributed by atoms with Gasteiger partial charge in [-0.25, -0.2) is 4.79 Å². The highest BCUT2D eigenvalue weighted by molar-refractivity contribution is 5.89. The molecule has 0 bridgehead atoms. The monoisotopic (exact) mass is 396 g/mol. The van der Waals surface area contributed by atoms with E-state index in [0.717, 1.165) is 0 Å². The average Bonchev–Trinajstić information content (AvgIpc) is 2.61. The van der Waals surface area contributed by atoms with Crippen LogP contribution in [-0.4, -0.2) is 54.7 Å². The van der Waals surface area contributed by atoms with Gasteiger partial charge in [0.15, 0.2) is 0 Å². The van der Waals surface area contributed by atoms with E-state index in [1.807, 2.05) is 20.8 Å². The van der Waals surface area contributed by atoms with Gasteiger partial charge in [0.2, 0.25) is 0 Å². The predicted octanol–water partition coefficient (Wildman–Crippen LogP) is 3.05. The Kier molecular flexibility index (Phi) is 9.07. The van der Waals surface area contributed by atoms with E-state index in [1.54, 1.807) is 38.1 Å². The van der Waals surface area contributed by atoms with E-state index in [2.05, 4.69) is 0 Å². The van der Waals surface area contributed by atoms with E-state index < -0.39 is 17.7 Å². The molecule has 0 aliphatic carbocycles. The molecule has 7 heteroatoms. The zero-order valence-electron chi connectivity index (χ0n) is 17.6. The summed E-state index contributed by atoms with van der Waals surface area (Å²) in [7, 11) is 0. The summed E-state index contributed by atoms with van der Waals surface area (Å²) in [6.45, 7) is 11.4. The average molecular weight is 396 g/mol. The van der Waals surface area contributed by atoms with Gasteiger partial charge in [-0.15, -0.1) is 0 Å². The van der Waals surface area contributed by atoms with Crippen molar-refractivity contribution < 1.29 is 33.6 Å². The zero-order chi connectivity index (χ0) is 21.4. The van der Waals surface area contributed by atoms with Crippen LogP contribution in [0.1, 0.15) is 63.6 Å². The van der Waals surface area contributed by atoms with Crippen LogP contribution < -0.4 is 0 Å². The lowest BCUT2D eigenvalue weighted by Crippen LogP contribution is -2.34. The molecule has 0 spiro atoms. The molecular weight excluding hydrogens is 364 g/mol. The Morgan fingerprint density at radius 3 is 1.96 bits per heavy atom. The van der Waals surface area contributed by atoms with Crippen LogP contribution in [0, 0.1) is 0 Å². The molecule has 28 heavy (non-hydrogen) atoms. The van der Waals surface area contributed by atoms with Gasteiger partial charge < -0.3 is 24.1 Å². The predicted molar refractivity (Wildman–Crippen MR) is 104 cm³/mol. The Morgan fingerprint density at radius 2 is 1.43 bits per heavy atom. The Morgan fingerprint density at radius 1 is 0.893 bits per heavy atom. The molecule has 0 aromatic heterocycles. The van der Waals surface area contributed by atoms with Crippen molar-refractivity contribution in [2.75, 3.05) is 26.4 Å². The van der Waals surface area contributed by atoms with Crippen LogP contribution in [0.2, 0.25) is 0 Å². The second-order valence-electron chi connectivity index (χ2n) is 7.91. The number of benzene rings is 1. The van der Waals surface area contributed by atoms with E-state index in [1.165, 1.54) is 6.92 Å². The minimum Gasteiger partial charge on any atom is -0.463 e. The van der Waals surface area contributed by atoms with Crippen molar-refractivity contribution in [3.63, 3.8) is 0 Å². The molecule has 1 aromatic carbocycles. The molecule has 0 aliphatic heterocycles. The number of carbonyl (C=O) groups is 2. The van der Waals surface area contributed by atoms with Gasteiger partial charge in [0.05, 0.1) is 30.0 Å². The normalized spacial score (nSPS) is 13.1. The third-order valence-corrected chi connectivity index (χ3v) is 3.83. The Hall–Kier alpha value is -1.96. The molecule has 0 aliphatic rings. The van der Waals surface area contributed by atoms with Crippen molar-refractivity contribution in [2.45, 2.75) is 58.8 Å². The smallest absolute Gasteiger partial charge is 0.338 e. The number of rotatable bonds is 10. The van der Waals surface area contributed by atoms with Crippen molar-refractivity contribution in [2.24, 2.45) is 0 Å². The van der Waals surface area contributed by atoms with E-state index in [4.69, 9.17) is 18.9 Å². The lowest BCUT2D eigenvalue weighted by atomic mass is 9.94. The maximum absolute atomic E-state index is 12.1. The molecule has 1 rings (SSSR count). The van der Waals surface area contributed by atoms with Crippen LogP contribution in [0.3, 0.4) is 0 Å². The van der Waals surface area contributed by atoms with E-state index >= 15 is 0 Å². The highest BCUT2D eigenvalue weighted by Gasteiger charge is 2.30. The Balaban J connectivity index is 2.55. The maximum Gasteiger partial charge on any atom is 0.338 e. The van der Waals surface area contributed by atoms with Gasteiger partial charge in [0, 0.05) is 6.92 Å². The quantitative estimate of drug-likeness (QED) is 0.480. The summed E-state index contributed by atoms with van der Waals surface area (Å²) >= 11 is 0. The molecule has 0 fully saturated rings. The molecule has 158 valence electrons. The number of aliphatic hydroxyl groups excluding tert-OH is 1. The summed E-state index contributed by atoms with van der Waals surface area (Å²) in [6, 6.07) is 6.51. The largest absolute Gasteiger partial charge is 0.463 e. The lowest BCUT2D eigenvalue weighted by molar-refractivity contribution is -0.148. The minimum absolute atomic E-state index is 0.120. The van der Waals surface area contributed by atoms with E-state index in [0.29, 0.717) is 17.7 Å². The van der Waals surface area contributed by atoms with Crippen LogP contribution in [0.25, 0.3) is 0 Å². The van der Waals surface area contributed by atoms with Crippen LogP contribution >= 0.6 is 0 Å². The summed E-state index contributed by atoms with van der Waals surface area (Å²) < 4.78 is 21.1. The summed E-state index contributed by atoms with van der Waals surface area (Å²) in [6.07, 6.45) is -0.921. The number of aliphatic hydroxyl groups is 1. The highest BCUT2D eigenvalue weighted by atomic mass is 16.6.